The average Bonchev–Trinajstić information content (AvgIpc) is 2.42. The van der Waals surface area contributed by atoms with Gasteiger partial charge in [-0.3, -0.25) is 0 Å². The minimum absolute atomic E-state index is 0.408. The Morgan fingerprint density at radius 3 is 2.89 bits per heavy atom. The van der Waals surface area contributed by atoms with Crippen LogP contribution >= 0.6 is 23.4 Å². The summed E-state index contributed by atoms with van der Waals surface area (Å²) in [6, 6.07) is 8.44. The number of esters is 1. The van der Waals surface area contributed by atoms with Crippen molar-refractivity contribution in [3.63, 3.8) is 0 Å². The van der Waals surface area contributed by atoms with E-state index in [0.29, 0.717) is 26.2 Å². The molecule has 0 aliphatic carbocycles. The molecule has 0 spiro atoms. The van der Waals surface area contributed by atoms with Crippen molar-refractivity contribution in [3.05, 3.63) is 47.1 Å². The molecule has 19 heavy (non-hydrogen) atoms. The number of hydrogen-bond donors (Lipinski definition) is 1. The quantitative estimate of drug-likeness (QED) is 0.695. The summed E-state index contributed by atoms with van der Waals surface area (Å²) in [4.78, 5) is 16.4. The van der Waals surface area contributed by atoms with Crippen molar-refractivity contribution in [2.75, 3.05) is 12.8 Å². The highest BCUT2D eigenvalue weighted by atomic mass is 35.5. The largest absolute Gasteiger partial charge is 0.465 e. The molecule has 0 unspecified atom stereocenters. The molecule has 0 aliphatic rings. The number of nitrogen functional groups attached to an aromatic ring is 1. The van der Waals surface area contributed by atoms with Crippen molar-refractivity contribution in [1.82, 2.24) is 4.98 Å². The van der Waals surface area contributed by atoms with Gasteiger partial charge in [0.2, 0.25) is 0 Å². The first-order chi connectivity index (χ1) is 9.11. The van der Waals surface area contributed by atoms with E-state index in [4.69, 9.17) is 17.3 Å². The lowest BCUT2D eigenvalue weighted by Gasteiger charge is -2.07. The first kappa shape index (κ1) is 13.7. The normalized spacial score (nSPS) is 10.2. The fraction of sp³-hybridized carbons (Fsp3) is 0.0769. The minimum Gasteiger partial charge on any atom is -0.465 e. The molecule has 0 radical (unpaired) electrons. The number of benzene rings is 1. The number of ether oxygens (including phenoxy) is 1. The van der Waals surface area contributed by atoms with E-state index in [2.05, 4.69) is 9.72 Å². The maximum atomic E-state index is 11.5. The summed E-state index contributed by atoms with van der Waals surface area (Å²) >= 11 is 7.35. The second kappa shape index (κ2) is 5.95. The molecule has 0 saturated carbocycles. The Morgan fingerprint density at radius 1 is 1.42 bits per heavy atom. The van der Waals surface area contributed by atoms with Crippen LogP contribution in [0.25, 0.3) is 0 Å². The Balaban J connectivity index is 2.34. The first-order valence-corrected chi connectivity index (χ1v) is 6.57. The van der Waals surface area contributed by atoms with Gasteiger partial charge in [0.15, 0.2) is 0 Å². The summed E-state index contributed by atoms with van der Waals surface area (Å²) in [5.74, 6) is -0.408. The monoisotopic (exact) mass is 294 g/mol. The molecule has 0 amide bonds. The Bertz CT molecular complexity index is 619. The third-order valence-corrected chi connectivity index (χ3v) is 3.88. The Morgan fingerprint density at radius 2 is 2.21 bits per heavy atom. The van der Waals surface area contributed by atoms with Gasteiger partial charge in [-0.05, 0) is 30.3 Å². The van der Waals surface area contributed by atoms with Gasteiger partial charge in [0.25, 0.3) is 0 Å². The van der Waals surface area contributed by atoms with Crippen LogP contribution in [0.15, 0.2) is 46.5 Å². The lowest BCUT2D eigenvalue weighted by molar-refractivity contribution is 0.0600. The highest BCUT2D eigenvalue weighted by Gasteiger charge is 2.11. The number of anilines is 1. The molecule has 0 bridgehead atoms. The van der Waals surface area contributed by atoms with Crippen molar-refractivity contribution in [1.29, 1.82) is 0 Å². The van der Waals surface area contributed by atoms with Crippen molar-refractivity contribution < 1.29 is 9.53 Å². The van der Waals surface area contributed by atoms with Gasteiger partial charge in [0, 0.05) is 16.8 Å². The van der Waals surface area contributed by atoms with Gasteiger partial charge >= 0.3 is 5.97 Å². The molecule has 1 aromatic carbocycles. The van der Waals surface area contributed by atoms with Crippen molar-refractivity contribution in [2.24, 2.45) is 0 Å². The highest BCUT2D eigenvalue weighted by Crippen LogP contribution is 2.35. The topological polar surface area (TPSA) is 65.2 Å². The van der Waals surface area contributed by atoms with E-state index in [1.165, 1.54) is 18.9 Å². The van der Waals surface area contributed by atoms with Gasteiger partial charge in [0.1, 0.15) is 5.03 Å². The van der Waals surface area contributed by atoms with Crippen LogP contribution in [0.3, 0.4) is 0 Å². The number of carbonyl (C=O) groups is 1. The molecule has 0 saturated heterocycles. The summed E-state index contributed by atoms with van der Waals surface area (Å²) < 4.78 is 4.67. The first-order valence-electron chi connectivity index (χ1n) is 5.38. The summed E-state index contributed by atoms with van der Waals surface area (Å²) in [6.07, 6.45) is 1.65. The summed E-state index contributed by atoms with van der Waals surface area (Å²) in [5, 5.41) is 1.17. The molecule has 0 fully saturated rings. The van der Waals surface area contributed by atoms with Crippen LogP contribution in [-0.4, -0.2) is 18.1 Å². The second-order valence-electron chi connectivity index (χ2n) is 3.64. The van der Waals surface area contributed by atoms with E-state index < -0.39 is 5.97 Å². The molecule has 98 valence electrons. The predicted octanol–water partition coefficient (Wildman–Crippen LogP) is 3.26. The van der Waals surface area contributed by atoms with Crippen LogP contribution in [0.5, 0.6) is 0 Å². The zero-order valence-corrected chi connectivity index (χ0v) is 11.7. The van der Waals surface area contributed by atoms with E-state index in [0.717, 1.165) is 0 Å². The van der Waals surface area contributed by atoms with Crippen LogP contribution in [-0.2, 0) is 4.74 Å². The predicted molar refractivity (Wildman–Crippen MR) is 75.6 cm³/mol. The van der Waals surface area contributed by atoms with Crippen LogP contribution in [0, 0.1) is 0 Å². The van der Waals surface area contributed by atoms with Crippen molar-refractivity contribution in [3.8, 4) is 0 Å². The molecule has 6 heteroatoms. The SMILES string of the molecule is COC(=O)c1ccc(N)c(Sc2ncccc2Cl)c1. The molecular formula is C13H11ClN2O2S. The lowest BCUT2D eigenvalue weighted by Crippen LogP contribution is -2.02. The number of nitrogens with zero attached hydrogens (tertiary/aromatic N) is 1. The number of rotatable bonds is 3. The number of hydrogen-bond acceptors (Lipinski definition) is 5. The van der Waals surface area contributed by atoms with Crippen molar-refractivity contribution in [2.45, 2.75) is 9.92 Å². The second-order valence-corrected chi connectivity index (χ2v) is 5.07. The molecule has 2 N–H and O–H groups in total. The van der Waals surface area contributed by atoms with Gasteiger partial charge in [-0.15, -0.1) is 0 Å². The smallest absolute Gasteiger partial charge is 0.337 e. The fourth-order valence-electron chi connectivity index (χ4n) is 1.42. The third-order valence-electron chi connectivity index (χ3n) is 2.37. The van der Waals surface area contributed by atoms with Crippen molar-refractivity contribution >= 4 is 35.0 Å². The molecule has 0 atom stereocenters. The molecule has 1 heterocycles. The fourth-order valence-corrected chi connectivity index (χ4v) is 2.51. The van der Waals surface area contributed by atoms with Gasteiger partial charge in [-0.2, -0.15) is 0 Å². The maximum Gasteiger partial charge on any atom is 0.337 e. The maximum absolute atomic E-state index is 11.5. The van der Waals surface area contributed by atoms with Crippen LogP contribution in [0.4, 0.5) is 5.69 Å². The summed E-state index contributed by atoms with van der Waals surface area (Å²) in [7, 11) is 1.33. The third kappa shape index (κ3) is 3.19. The number of nitrogens with two attached hydrogens (primary N) is 1. The molecule has 0 aliphatic heterocycles. The molecule has 2 aromatic rings. The lowest BCUT2D eigenvalue weighted by atomic mass is 10.2. The Hall–Kier alpha value is -1.72. The zero-order chi connectivity index (χ0) is 13.8. The van der Waals surface area contributed by atoms with E-state index in [-0.39, 0.29) is 0 Å². The van der Waals surface area contributed by atoms with E-state index in [1.807, 2.05) is 0 Å². The number of aromatic nitrogens is 1. The number of pyridine rings is 1. The molecule has 1 aromatic heterocycles. The number of halogens is 1. The van der Waals surface area contributed by atoms with Crippen LogP contribution in [0.2, 0.25) is 5.02 Å². The number of methoxy groups -OCH3 is 1. The average molecular weight is 295 g/mol. The Kier molecular flexibility index (Phi) is 4.29. The van der Waals surface area contributed by atoms with Gasteiger partial charge in [0.05, 0.1) is 17.7 Å². The Labute approximate surface area is 119 Å². The minimum atomic E-state index is -0.408. The molecule has 2 rings (SSSR count). The zero-order valence-electron chi connectivity index (χ0n) is 10.1. The van der Waals surface area contributed by atoms with Gasteiger partial charge in [-0.1, -0.05) is 23.4 Å². The van der Waals surface area contributed by atoms with Gasteiger partial charge < -0.3 is 10.5 Å². The molecule has 4 nitrogen and oxygen atoms in total. The highest BCUT2D eigenvalue weighted by molar-refractivity contribution is 7.99. The standard InChI is InChI=1S/C13H11ClN2O2S/c1-18-13(17)8-4-5-10(15)11(7-8)19-12-9(14)3-2-6-16-12/h2-7H,15H2,1H3. The van der Waals surface area contributed by atoms with E-state index in [1.54, 1.807) is 36.5 Å². The summed E-state index contributed by atoms with van der Waals surface area (Å²) in [6.45, 7) is 0. The number of carbonyl (C=O) groups excluding carboxylic acids is 1. The van der Waals surface area contributed by atoms with E-state index >= 15 is 0 Å². The van der Waals surface area contributed by atoms with Crippen LogP contribution in [0.1, 0.15) is 10.4 Å². The molecular weight excluding hydrogens is 284 g/mol. The van der Waals surface area contributed by atoms with Crippen LogP contribution < -0.4 is 5.73 Å². The summed E-state index contributed by atoms with van der Waals surface area (Å²) in [5.41, 5.74) is 6.88. The van der Waals surface area contributed by atoms with E-state index in [9.17, 15) is 4.79 Å². The van der Waals surface area contributed by atoms with Gasteiger partial charge in [-0.25, -0.2) is 9.78 Å².